The van der Waals surface area contributed by atoms with E-state index < -0.39 is 6.29 Å². The van der Waals surface area contributed by atoms with Crippen LogP contribution in [0, 0.1) is 0 Å². The maximum Gasteiger partial charge on any atom is 0.224 e. The second-order valence-electron chi connectivity index (χ2n) is 15.4. The Balaban J connectivity index is 0.999. The van der Waals surface area contributed by atoms with E-state index in [1.165, 1.54) is 11.1 Å². The van der Waals surface area contributed by atoms with E-state index in [1.54, 1.807) is 12.1 Å². The zero-order valence-corrected chi connectivity index (χ0v) is 33.9. The zero-order valence-electron chi connectivity index (χ0n) is 33.9. The summed E-state index contributed by atoms with van der Waals surface area (Å²) in [5, 5.41) is 15.6. The van der Waals surface area contributed by atoms with Crippen LogP contribution >= 0.6 is 0 Å². The van der Waals surface area contributed by atoms with Crippen LogP contribution in [0.4, 0.5) is 11.4 Å². The summed E-state index contributed by atoms with van der Waals surface area (Å²) in [6, 6.07) is 52.6. The van der Waals surface area contributed by atoms with Gasteiger partial charge in [0.1, 0.15) is 0 Å². The summed E-state index contributed by atoms with van der Waals surface area (Å²) in [5.41, 5.74) is 15.4. The largest absolute Gasteiger partial charge is 0.397 e. The number of nitrogens with zero attached hydrogens (tertiary/aromatic N) is 1. The molecule has 9 nitrogen and oxygen atoms in total. The minimum atomic E-state index is -0.590. The molecule has 1 aliphatic rings. The number of carbonyl (C=O) groups excluding carboxylic acids is 2. The highest BCUT2D eigenvalue weighted by Gasteiger charge is 2.33. The Labute approximate surface area is 353 Å². The fourth-order valence-electron chi connectivity index (χ4n) is 7.64. The van der Waals surface area contributed by atoms with E-state index in [9.17, 15) is 14.7 Å². The molecule has 7 rings (SSSR count). The summed E-state index contributed by atoms with van der Waals surface area (Å²) < 4.78 is 13.5. The molecule has 6 aromatic rings. The molecule has 0 saturated carbocycles. The molecule has 1 saturated heterocycles. The average molecular weight is 803 g/mol. The zero-order chi connectivity index (χ0) is 41.5. The molecule has 1 fully saturated rings. The molecule has 0 aliphatic carbocycles. The van der Waals surface area contributed by atoms with E-state index in [-0.39, 0.29) is 30.6 Å². The minimum absolute atomic E-state index is 0.00999. The lowest BCUT2D eigenvalue weighted by molar-refractivity contribution is -0.253. The van der Waals surface area contributed by atoms with Gasteiger partial charge < -0.3 is 30.9 Å². The van der Waals surface area contributed by atoms with Crippen LogP contribution in [0.5, 0.6) is 0 Å². The van der Waals surface area contributed by atoms with Gasteiger partial charge in [-0.1, -0.05) is 146 Å². The number of nitrogens with one attached hydrogen (secondary N) is 2. The van der Waals surface area contributed by atoms with Crippen LogP contribution in [0.1, 0.15) is 77.9 Å². The molecule has 308 valence electrons. The van der Waals surface area contributed by atoms with Crippen LogP contribution < -0.4 is 16.4 Å². The topological polar surface area (TPSA) is 126 Å². The molecule has 5 N–H and O–H groups in total. The number of nitrogen functional groups attached to an aromatic ring is 1. The van der Waals surface area contributed by atoms with Gasteiger partial charge in [-0.05, 0) is 63.9 Å². The lowest BCUT2D eigenvalue weighted by atomic mass is 9.97. The number of hydrogen-bond donors (Lipinski definition) is 4. The number of unbranched alkanes of at least 4 members (excludes halogenated alkanes) is 1. The Bertz CT molecular complexity index is 2230. The van der Waals surface area contributed by atoms with Gasteiger partial charge in [0.25, 0.3) is 0 Å². The summed E-state index contributed by atoms with van der Waals surface area (Å²) in [7, 11) is 0. The van der Waals surface area contributed by atoms with Crippen LogP contribution in [0.15, 0.2) is 158 Å². The van der Waals surface area contributed by atoms with Crippen molar-refractivity contribution < 1.29 is 24.2 Å². The van der Waals surface area contributed by atoms with Crippen molar-refractivity contribution in [3.8, 4) is 11.1 Å². The summed E-state index contributed by atoms with van der Waals surface area (Å²) in [5.74, 6) is -0.173. The molecule has 0 radical (unpaired) electrons. The van der Waals surface area contributed by atoms with Crippen molar-refractivity contribution in [3.05, 3.63) is 191 Å². The smallest absolute Gasteiger partial charge is 0.224 e. The third kappa shape index (κ3) is 12.0. The second-order valence-corrected chi connectivity index (χ2v) is 15.4. The standard InChI is InChI=1S/C51H54N4O5/c52-46-19-9-10-20-47(46)54-50(58)22-12-11-21-49(57)53-32-43-17-7-8-18-45(43)40-27-29-42(30-28-40)51-59-44(31-48(60-51)41-25-23-39(36-56)24-26-41)35-55(33-37-13-3-1-4-14-37)34-38-15-5-2-6-16-38/h1-10,13-20,23-30,44,48,51,56H,11-12,21-22,31-36,52H2,(H,53,57)(H,54,58)/t44-,48+,51+/m0/s1. The Hall–Kier alpha value is -6.10. The molecule has 0 unspecified atom stereocenters. The number of aliphatic hydroxyl groups excluding tert-OH is 1. The average Bonchev–Trinajstić information content (AvgIpc) is 3.28. The molecule has 9 heteroatoms. The molecule has 3 atom stereocenters. The number of nitrogens with two attached hydrogens (primary N) is 1. The van der Waals surface area contributed by atoms with Crippen LogP contribution in [-0.2, 0) is 45.3 Å². The van der Waals surface area contributed by atoms with Gasteiger partial charge in [-0.15, -0.1) is 0 Å². The number of ether oxygens (including phenoxy) is 2. The molecule has 6 aromatic carbocycles. The highest BCUT2D eigenvalue weighted by atomic mass is 16.7. The number of carbonyl (C=O) groups is 2. The van der Waals surface area contributed by atoms with E-state index in [4.69, 9.17) is 15.2 Å². The first-order valence-corrected chi connectivity index (χ1v) is 20.8. The number of anilines is 2. The number of hydrogen-bond acceptors (Lipinski definition) is 7. The number of rotatable bonds is 18. The number of aliphatic hydroxyl groups is 1. The van der Waals surface area contributed by atoms with Crippen molar-refractivity contribution in [2.24, 2.45) is 0 Å². The fourth-order valence-corrected chi connectivity index (χ4v) is 7.64. The van der Waals surface area contributed by atoms with Gasteiger partial charge in [0.2, 0.25) is 11.8 Å². The summed E-state index contributed by atoms with van der Waals surface area (Å²) >= 11 is 0. The normalized spacial score (nSPS) is 16.3. The van der Waals surface area contributed by atoms with Crippen LogP contribution in [0.2, 0.25) is 0 Å². The van der Waals surface area contributed by atoms with Crippen LogP contribution in [0.25, 0.3) is 11.1 Å². The lowest BCUT2D eigenvalue weighted by Gasteiger charge is -2.38. The lowest BCUT2D eigenvalue weighted by Crippen LogP contribution is -2.39. The third-order valence-electron chi connectivity index (χ3n) is 10.9. The van der Waals surface area contributed by atoms with Gasteiger partial charge in [0.05, 0.1) is 30.2 Å². The van der Waals surface area contributed by atoms with E-state index in [1.807, 2.05) is 66.7 Å². The van der Waals surface area contributed by atoms with Crippen molar-refractivity contribution in [1.82, 2.24) is 10.2 Å². The molecule has 1 heterocycles. The van der Waals surface area contributed by atoms with E-state index >= 15 is 0 Å². The van der Waals surface area contributed by atoms with Crippen molar-refractivity contribution >= 4 is 23.2 Å². The molecule has 60 heavy (non-hydrogen) atoms. The summed E-state index contributed by atoms with van der Waals surface area (Å²) in [6.07, 6.45) is 1.63. The first-order valence-electron chi connectivity index (χ1n) is 20.8. The number of benzene rings is 6. The Kier molecular flexibility index (Phi) is 14.9. The Morgan fingerprint density at radius 1 is 0.650 bits per heavy atom. The predicted octanol–water partition coefficient (Wildman–Crippen LogP) is 9.49. The van der Waals surface area contributed by atoms with E-state index in [0.29, 0.717) is 56.6 Å². The maximum absolute atomic E-state index is 12.8. The molecule has 0 aromatic heterocycles. The third-order valence-corrected chi connectivity index (χ3v) is 10.9. The summed E-state index contributed by atoms with van der Waals surface area (Å²) in [4.78, 5) is 27.7. The predicted molar refractivity (Wildman–Crippen MR) is 237 cm³/mol. The van der Waals surface area contributed by atoms with Gasteiger partial charge in [0, 0.05) is 51.0 Å². The SMILES string of the molecule is Nc1ccccc1NC(=O)CCCCC(=O)NCc1ccccc1-c1ccc([C@@H]2O[C@H](CN(Cc3ccccc3)Cc3ccccc3)C[C@H](c3ccc(CO)cc3)O2)cc1. The van der Waals surface area contributed by atoms with Gasteiger partial charge in [-0.25, -0.2) is 0 Å². The van der Waals surface area contributed by atoms with Crippen molar-refractivity contribution in [2.75, 3.05) is 17.6 Å². The minimum Gasteiger partial charge on any atom is -0.397 e. The van der Waals surface area contributed by atoms with Crippen molar-refractivity contribution in [1.29, 1.82) is 0 Å². The highest BCUT2D eigenvalue weighted by Crippen LogP contribution is 2.39. The van der Waals surface area contributed by atoms with E-state index in [0.717, 1.165) is 46.5 Å². The molecule has 1 aliphatic heterocycles. The first kappa shape index (κ1) is 42.0. The van der Waals surface area contributed by atoms with Crippen LogP contribution in [0.3, 0.4) is 0 Å². The van der Waals surface area contributed by atoms with Crippen LogP contribution in [-0.4, -0.2) is 34.5 Å². The molecular formula is C51H54N4O5. The van der Waals surface area contributed by atoms with Gasteiger partial charge in [-0.3, -0.25) is 14.5 Å². The van der Waals surface area contributed by atoms with Crippen molar-refractivity contribution in [3.63, 3.8) is 0 Å². The quantitative estimate of drug-likeness (QED) is 0.0504. The molecule has 0 spiro atoms. The number of para-hydroxylation sites is 2. The number of amides is 2. The van der Waals surface area contributed by atoms with Gasteiger partial charge >= 0.3 is 0 Å². The Morgan fingerprint density at radius 3 is 1.92 bits per heavy atom. The molecule has 0 bridgehead atoms. The maximum atomic E-state index is 12.8. The molecular weight excluding hydrogens is 749 g/mol. The fraction of sp³-hybridized carbons (Fsp3) is 0.255. The monoisotopic (exact) mass is 802 g/mol. The second kappa shape index (κ2) is 21.2. The van der Waals surface area contributed by atoms with Gasteiger partial charge in [-0.2, -0.15) is 0 Å². The highest BCUT2D eigenvalue weighted by molar-refractivity contribution is 5.93. The van der Waals surface area contributed by atoms with Crippen molar-refractivity contribution in [2.45, 2.75) is 76.8 Å². The Morgan fingerprint density at radius 2 is 1.25 bits per heavy atom. The summed E-state index contributed by atoms with van der Waals surface area (Å²) in [6.45, 7) is 2.67. The van der Waals surface area contributed by atoms with Gasteiger partial charge in [0.15, 0.2) is 6.29 Å². The molecule has 2 amide bonds. The first-order chi connectivity index (χ1) is 29.4. The van der Waals surface area contributed by atoms with E-state index in [2.05, 4.69) is 94.4 Å².